The topological polar surface area (TPSA) is 111 Å². The van der Waals surface area contributed by atoms with Crippen LogP contribution in [-0.2, 0) is 12.1 Å². The summed E-state index contributed by atoms with van der Waals surface area (Å²) >= 11 is 0. The molecule has 8 nitrogen and oxygen atoms in total. The summed E-state index contributed by atoms with van der Waals surface area (Å²) in [5.74, 6) is 0.565. The van der Waals surface area contributed by atoms with E-state index in [4.69, 9.17) is 4.98 Å². The standard InChI is InChI=1S/C23H31N5O3.H2S/c1-23(2)18-12-24-21(25-16-8-10-17(30)11-9-16)26-19(18)13-28(23)22(31)27-20(14-29)15-6-4-3-5-7-15;/h3-7,12,16-17,20,29-30H,8-11,13-14H2,1-2H3,(H,27,31)(H,24,25,26);1H2/t16?,17?,20-;/m1./s1. The van der Waals surface area contributed by atoms with Crippen LogP contribution in [-0.4, -0.2) is 49.9 Å². The number of carbonyl (C=O) groups excluding carboxylic acids is 1. The van der Waals surface area contributed by atoms with Gasteiger partial charge in [0.15, 0.2) is 0 Å². The van der Waals surface area contributed by atoms with E-state index in [1.54, 1.807) is 11.1 Å². The summed E-state index contributed by atoms with van der Waals surface area (Å²) in [5.41, 5.74) is 2.04. The zero-order valence-electron chi connectivity index (χ0n) is 18.6. The number of hydrogen-bond donors (Lipinski definition) is 4. The normalized spacial score (nSPS) is 22.4. The van der Waals surface area contributed by atoms with E-state index in [0.29, 0.717) is 12.5 Å². The number of fused-ring (bicyclic) bond motifs is 1. The van der Waals surface area contributed by atoms with Gasteiger partial charge < -0.3 is 25.7 Å². The van der Waals surface area contributed by atoms with Crippen molar-refractivity contribution in [1.29, 1.82) is 0 Å². The van der Waals surface area contributed by atoms with Crippen LogP contribution >= 0.6 is 13.5 Å². The number of aliphatic hydroxyl groups is 2. The molecule has 2 aromatic rings. The Kier molecular flexibility index (Phi) is 7.63. The minimum atomic E-state index is -0.566. The van der Waals surface area contributed by atoms with E-state index in [2.05, 4.69) is 15.6 Å². The third-order valence-corrected chi connectivity index (χ3v) is 6.47. The molecule has 9 heteroatoms. The molecule has 0 saturated heterocycles. The van der Waals surface area contributed by atoms with Crippen LogP contribution in [0.5, 0.6) is 0 Å². The van der Waals surface area contributed by atoms with Crippen LogP contribution in [0.2, 0.25) is 0 Å². The molecule has 1 fully saturated rings. The summed E-state index contributed by atoms with van der Waals surface area (Å²) in [6.45, 7) is 4.16. The second-order valence-corrected chi connectivity index (χ2v) is 8.94. The summed E-state index contributed by atoms with van der Waals surface area (Å²) in [5, 5.41) is 25.8. The number of nitrogens with one attached hydrogen (secondary N) is 2. The molecular weight excluding hydrogens is 426 g/mol. The highest BCUT2D eigenvalue weighted by molar-refractivity contribution is 7.59. The van der Waals surface area contributed by atoms with Crippen molar-refractivity contribution in [3.63, 3.8) is 0 Å². The maximum Gasteiger partial charge on any atom is 0.319 e. The molecular formula is C23H33N5O3S. The predicted octanol–water partition coefficient (Wildman–Crippen LogP) is 2.80. The second kappa shape index (κ2) is 10.1. The highest BCUT2D eigenvalue weighted by Crippen LogP contribution is 2.38. The Balaban J connectivity index is 0.00000289. The lowest BCUT2D eigenvalue weighted by Gasteiger charge is -2.33. The minimum absolute atomic E-state index is 0. The molecule has 0 unspecified atom stereocenters. The van der Waals surface area contributed by atoms with Crippen LogP contribution in [0.15, 0.2) is 36.5 Å². The number of amides is 2. The predicted molar refractivity (Wildman–Crippen MR) is 128 cm³/mol. The molecule has 2 amide bonds. The number of hydrogen-bond acceptors (Lipinski definition) is 6. The van der Waals surface area contributed by atoms with Crippen LogP contribution in [0.1, 0.15) is 62.4 Å². The van der Waals surface area contributed by atoms with Gasteiger partial charge >= 0.3 is 6.03 Å². The molecule has 1 aliphatic heterocycles. The van der Waals surface area contributed by atoms with Crippen molar-refractivity contribution in [3.05, 3.63) is 53.3 Å². The lowest BCUT2D eigenvalue weighted by atomic mass is 9.93. The first-order chi connectivity index (χ1) is 14.9. The van der Waals surface area contributed by atoms with Crippen molar-refractivity contribution in [2.75, 3.05) is 11.9 Å². The van der Waals surface area contributed by atoms with E-state index in [1.165, 1.54) is 0 Å². The molecule has 1 atom stereocenters. The first kappa shape index (κ1) is 24.3. The van der Waals surface area contributed by atoms with Crippen molar-refractivity contribution in [1.82, 2.24) is 20.2 Å². The number of urea groups is 1. The molecule has 0 bridgehead atoms. The first-order valence-electron chi connectivity index (χ1n) is 10.9. The zero-order chi connectivity index (χ0) is 22.0. The van der Waals surface area contributed by atoms with E-state index in [0.717, 1.165) is 42.5 Å². The molecule has 174 valence electrons. The maximum atomic E-state index is 13.1. The fraction of sp³-hybridized carbons (Fsp3) is 0.522. The monoisotopic (exact) mass is 459 g/mol. The van der Waals surface area contributed by atoms with Crippen LogP contribution in [0.25, 0.3) is 0 Å². The van der Waals surface area contributed by atoms with Crippen LogP contribution in [0, 0.1) is 0 Å². The fourth-order valence-electron chi connectivity index (χ4n) is 4.49. The molecule has 4 N–H and O–H groups in total. The van der Waals surface area contributed by atoms with Crippen molar-refractivity contribution in [2.24, 2.45) is 0 Å². The van der Waals surface area contributed by atoms with Crippen molar-refractivity contribution in [3.8, 4) is 0 Å². The number of aliphatic hydroxyl groups excluding tert-OH is 2. The van der Waals surface area contributed by atoms with Gasteiger partial charge in [-0.2, -0.15) is 13.5 Å². The van der Waals surface area contributed by atoms with Gasteiger partial charge in [0.2, 0.25) is 5.95 Å². The third-order valence-electron chi connectivity index (χ3n) is 6.47. The molecule has 2 heterocycles. The average molecular weight is 460 g/mol. The van der Waals surface area contributed by atoms with Crippen molar-refractivity contribution in [2.45, 2.75) is 69.8 Å². The maximum absolute atomic E-state index is 13.1. The minimum Gasteiger partial charge on any atom is -0.394 e. The van der Waals surface area contributed by atoms with Gasteiger partial charge in [0.1, 0.15) is 0 Å². The summed E-state index contributed by atoms with van der Waals surface area (Å²) in [6, 6.07) is 8.98. The summed E-state index contributed by atoms with van der Waals surface area (Å²) < 4.78 is 0. The number of aromatic nitrogens is 2. The molecule has 1 aliphatic carbocycles. The van der Waals surface area contributed by atoms with Gasteiger partial charge in [0.25, 0.3) is 0 Å². The summed E-state index contributed by atoms with van der Waals surface area (Å²) in [7, 11) is 0. The van der Waals surface area contributed by atoms with E-state index in [9.17, 15) is 15.0 Å². The van der Waals surface area contributed by atoms with E-state index in [1.807, 2.05) is 44.2 Å². The van der Waals surface area contributed by atoms with Gasteiger partial charge in [-0.1, -0.05) is 30.3 Å². The Labute approximate surface area is 195 Å². The fourth-order valence-corrected chi connectivity index (χ4v) is 4.49. The van der Waals surface area contributed by atoms with Gasteiger partial charge in [-0.25, -0.2) is 14.8 Å². The molecule has 1 saturated carbocycles. The Morgan fingerprint density at radius 1 is 1.22 bits per heavy atom. The Bertz CT molecular complexity index is 919. The second-order valence-electron chi connectivity index (χ2n) is 8.94. The van der Waals surface area contributed by atoms with Crippen molar-refractivity contribution < 1.29 is 15.0 Å². The quantitative estimate of drug-likeness (QED) is 0.547. The molecule has 4 rings (SSSR count). The molecule has 0 spiro atoms. The zero-order valence-corrected chi connectivity index (χ0v) is 19.6. The largest absolute Gasteiger partial charge is 0.394 e. The van der Waals surface area contributed by atoms with Crippen molar-refractivity contribution >= 4 is 25.5 Å². The first-order valence-corrected chi connectivity index (χ1v) is 10.9. The summed E-state index contributed by atoms with van der Waals surface area (Å²) in [4.78, 5) is 24.0. The smallest absolute Gasteiger partial charge is 0.319 e. The number of anilines is 1. The highest BCUT2D eigenvalue weighted by atomic mass is 32.1. The number of rotatable bonds is 5. The van der Waals surface area contributed by atoms with E-state index >= 15 is 0 Å². The molecule has 1 aromatic heterocycles. The summed E-state index contributed by atoms with van der Waals surface area (Å²) in [6.07, 6.45) is 4.96. The van der Waals surface area contributed by atoms with Gasteiger partial charge in [-0.05, 0) is 45.1 Å². The van der Waals surface area contributed by atoms with Crippen LogP contribution < -0.4 is 10.6 Å². The Morgan fingerprint density at radius 2 is 1.91 bits per heavy atom. The molecule has 0 radical (unpaired) electrons. The SMILES string of the molecule is CC1(C)c2cnc(NC3CCC(O)CC3)nc2CN1C(=O)N[C@H](CO)c1ccccc1.S. The van der Waals surface area contributed by atoms with Crippen LogP contribution in [0.4, 0.5) is 10.7 Å². The van der Waals surface area contributed by atoms with Gasteiger partial charge in [-0.3, -0.25) is 0 Å². The van der Waals surface area contributed by atoms with Gasteiger partial charge in [0.05, 0.1) is 36.5 Å². The van der Waals surface area contributed by atoms with E-state index in [-0.39, 0.29) is 38.3 Å². The Hall–Kier alpha value is -2.36. The lowest BCUT2D eigenvalue weighted by molar-refractivity contribution is 0.126. The number of carbonyl (C=O) groups is 1. The lowest BCUT2D eigenvalue weighted by Crippen LogP contribution is -2.47. The highest BCUT2D eigenvalue weighted by Gasteiger charge is 2.42. The van der Waals surface area contributed by atoms with Gasteiger partial charge in [0, 0.05) is 17.8 Å². The average Bonchev–Trinajstić information content (AvgIpc) is 3.04. The molecule has 1 aromatic carbocycles. The Morgan fingerprint density at radius 3 is 2.56 bits per heavy atom. The van der Waals surface area contributed by atoms with E-state index < -0.39 is 11.6 Å². The third kappa shape index (κ3) is 5.00. The number of nitrogens with zero attached hydrogens (tertiary/aromatic N) is 3. The van der Waals surface area contributed by atoms with Gasteiger partial charge in [-0.15, -0.1) is 0 Å². The molecule has 2 aliphatic rings. The molecule has 32 heavy (non-hydrogen) atoms. The number of benzene rings is 1. The van der Waals surface area contributed by atoms with Crippen LogP contribution in [0.3, 0.4) is 0 Å².